The Kier molecular flexibility index (Phi) is 8.17. The summed E-state index contributed by atoms with van der Waals surface area (Å²) in [5.74, 6) is 0.158. The summed E-state index contributed by atoms with van der Waals surface area (Å²) in [5.41, 5.74) is 4.87. The molecular weight excluding hydrogens is 424 g/mol. The maximum atomic E-state index is 12.1. The first-order valence-corrected chi connectivity index (χ1v) is 12.5. The van der Waals surface area contributed by atoms with Crippen LogP contribution in [0, 0.1) is 18.8 Å². The molecular formula is C29H36N2O3. The molecule has 4 rings (SSSR count). The van der Waals surface area contributed by atoms with E-state index in [0.717, 1.165) is 68.3 Å². The molecule has 2 aromatic carbocycles. The number of hydrogen-bond acceptors (Lipinski definition) is 4. The zero-order valence-electron chi connectivity index (χ0n) is 20.4. The number of rotatable bonds is 10. The van der Waals surface area contributed by atoms with E-state index < -0.39 is 5.97 Å². The number of aryl methyl sites for hydroxylation is 3. The fraction of sp³-hybridized carbons (Fsp3) is 0.448. The summed E-state index contributed by atoms with van der Waals surface area (Å²) in [7, 11) is 1.68. The fourth-order valence-electron chi connectivity index (χ4n) is 5.24. The fourth-order valence-corrected chi connectivity index (χ4v) is 5.24. The van der Waals surface area contributed by atoms with Gasteiger partial charge in [0, 0.05) is 18.1 Å². The molecule has 1 N–H and O–H groups in total. The van der Waals surface area contributed by atoms with Gasteiger partial charge in [-0.15, -0.1) is 0 Å². The molecule has 0 saturated carbocycles. The van der Waals surface area contributed by atoms with Gasteiger partial charge in [0.2, 0.25) is 0 Å². The first-order valence-electron chi connectivity index (χ1n) is 12.5. The number of hydrogen-bond donors (Lipinski definition) is 1. The van der Waals surface area contributed by atoms with Crippen molar-refractivity contribution in [2.75, 3.05) is 26.7 Å². The van der Waals surface area contributed by atoms with E-state index in [2.05, 4.69) is 47.1 Å². The van der Waals surface area contributed by atoms with Gasteiger partial charge in [0.05, 0.1) is 18.5 Å². The highest BCUT2D eigenvalue weighted by Crippen LogP contribution is 2.30. The lowest BCUT2D eigenvalue weighted by Crippen LogP contribution is -2.44. The van der Waals surface area contributed by atoms with Crippen molar-refractivity contribution in [2.45, 2.75) is 45.4 Å². The molecule has 5 nitrogen and oxygen atoms in total. The van der Waals surface area contributed by atoms with E-state index in [-0.39, 0.29) is 11.8 Å². The molecule has 1 saturated heterocycles. The summed E-state index contributed by atoms with van der Waals surface area (Å²) >= 11 is 0. The number of fused-ring (bicyclic) bond motifs is 1. The predicted octanol–water partition coefficient (Wildman–Crippen LogP) is 5.53. The number of benzene rings is 2. The Morgan fingerprint density at radius 1 is 1.12 bits per heavy atom. The summed E-state index contributed by atoms with van der Waals surface area (Å²) in [5, 5.41) is 11.0. The second-order valence-electron chi connectivity index (χ2n) is 9.63. The number of nitrogens with zero attached hydrogens (tertiary/aromatic N) is 2. The monoisotopic (exact) mass is 460 g/mol. The van der Waals surface area contributed by atoms with Crippen molar-refractivity contribution in [3.63, 3.8) is 0 Å². The van der Waals surface area contributed by atoms with Crippen LogP contribution in [0.1, 0.15) is 42.4 Å². The molecule has 0 aliphatic carbocycles. The van der Waals surface area contributed by atoms with Gasteiger partial charge in [0.15, 0.2) is 0 Å². The van der Waals surface area contributed by atoms with E-state index in [1.807, 2.05) is 24.4 Å². The molecule has 5 heteroatoms. The molecule has 0 bridgehead atoms. The van der Waals surface area contributed by atoms with Crippen molar-refractivity contribution < 1.29 is 14.6 Å². The molecule has 0 spiro atoms. The van der Waals surface area contributed by atoms with Crippen LogP contribution < -0.4 is 4.74 Å². The minimum absolute atomic E-state index is 0.244. The highest BCUT2D eigenvalue weighted by molar-refractivity contribution is 5.83. The Bertz CT molecular complexity index is 1100. The summed E-state index contributed by atoms with van der Waals surface area (Å²) in [6, 6.07) is 16.8. The predicted molar refractivity (Wildman–Crippen MR) is 136 cm³/mol. The number of ether oxygens (including phenoxy) is 1. The Morgan fingerprint density at radius 2 is 1.94 bits per heavy atom. The molecule has 3 aromatic rings. The first kappa shape index (κ1) is 24.2. The van der Waals surface area contributed by atoms with E-state index in [4.69, 9.17) is 4.74 Å². The van der Waals surface area contributed by atoms with Crippen LogP contribution in [0.3, 0.4) is 0 Å². The van der Waals surface area contributed by atoms with Gasteiger partial charge < -0.3 is 14.7 Å². The standard InChI is InChI=1S/C29H36N2O3/c1-21-8-10-22(11-9-21)5-4-17-31-18-15-24(27(20-31)29(32)33)7-3-6-23-14-16-30-28-13-12-25(34-2)19-26(23)28/h8-14,16,19,24,27H,3-7,15,17-18,20H2,1-2H3,(H,32,33)/t24-,27+/m1/s1. The van der Waals surface area contributed by atoms with Gasteiger partial charge >= 0.3 is 5.97 Å². The smallest absolute Gasteiger partial charge is 0.308 e. The summed E-state index contributed by atoms with van der Waals surface area (Å²) < 4.78 is 5.39. The Labute approximate surface area is 202 Å². The summed E-state index contributed by atoms with van der Waals surface area (Å²) in [6.45, 7) is 4.74. The highest BCUT2D eigenvalue weighted by atomic mass is 16.5. The lowest BCUT2D eigenvalue weighted by Gasteiger charge is -2.36. The van der Waals surface area contributed by atoms with Gasteiger partial charge in [0.1, 0.15) is 5.75 Å². The zero-order valence-corrected chi connectivity index (χ0v) is 20.4. The van der Waals surface area contributed by atoms with Crippen molar-refractivity contribution in [1.82, 2.24) is 9.88 Å². The third kappa shape index (κ3) is 6.15. The number of pyridine rings is 1. The first-order chi connectivity index (χ1) is 16.5. The topological polar surface area (TPSA) is 62.7 Å². The maximum Gasteiger partial charge on any atom is 0.308 e. The number of aromatic nitrogens is 1. The molecule has 1 aromatic heterocycles. The highest BCUT2D eigenvalue weighted by Gasteiger charge is 2.33. The van der Waals surface area contributed by atoms with Crippen LogP contribution in [0.5, 0.6) is 5.75 Å². The van der Waals surface area contributed by atoms with Crippen molar-refractivity contribution >= 4 is 16.9 Å². The molecule has 1 fully saturated rings. The van der Waals surface area contributed by atoms with Gasteiger partial charge in [-0.3, -0.25) is 9.78 Å². The number of methoxy groups -OCH3 is 1. The lowest BCUT2D eigenvalue weighted by atomic mass is 9.81. The third-order valence-corrected chi connectivity index (χ3v) is 7.28. The summed E-state index contributed by atoms with van der Waals surface area (Å²) in [4.78, 5) is 18.9. The Hall–Kier alpha value is -2.92. The number of piperidine rings is 1. The molecule has 1 aliphatic heterocycles. The number of likely N-dealkylation sites (tertiary alicyclic amines) is 1. The number of carbonyl (C=O) groups is 1. The third-order valence-electron chi connectivity index (χ3n) is 7.28. The van der Waals surface area contributed by atoms with Crippen LogP contribution in [0.4, 0.5) is 0 Å². The molecule has 0 radical (unpaired) electrons. The van der Waals surface area contributed by atoms with Gasteiger partial charge in [-0.1, -0.05) is 29.8 Å². The quantitative estimate of drug-likeness (QED) is 0.431. The second kappa shape index (κ2) is 11.5. The van der Waals surface area contributed by atoms with Crippen LogP contribution >= 0.6 is 0 Å². The van der Waals surface area contributed by atoms with Gasteiger partial charge in [-0.25, -0.2) is 0 Å². The Morgan fingerprint density at radius 3 is 2.71 bits per heavy atom. The normalized spacial score (nSPS) is 18.8. The molecule has 2 atom stereocenters. The lowest BCUT2D eigenvalue weighted by molar-refractivity contribution is -0.146. The van der Waals surface area contributed by atoms with Crippen molar-refractivity contribution in [3.8, 4) is 5.75 Å². The maximum absolute atomic E-state index is 12.1. The molecule has 0 unspecified atom stereocenters. The number of carboxylic acid groups (broad SMARTS) is 1. The van der Waals surface area contributed by atoms with Crippen molar-refractivity contribution in [2.24, 2.45) is 11.8 Å². The van der Waals surface area contributed by atoms with Gasteiger partial charge in [0.25, 0.3) is 0 Å². The van der Waals surface area contributed by atoms with Crippen LogP contribution in [0.2, 0.25) is 0 Å². The van der Waals surface area contributed by atoms with Gasteiger partial charge in [-0.2, -0.15) is 0 Å². The van der Waals surface area contributed by atoms with Crippen LogP contribution in [-0.4, -0.2) is 47.7 Å². The molecule has 34 heavy (non-hydrogen) atoms. The summed E-state index contributed by atoms with van der Waals surface area (Å²) in [6.07, 6.45) is 7.79. The minimum Gasteiger partial charge on any atom is -0.497 e. The number of carboxylic acids is 1. The van der Waals surface area contributed by atoms with E-state index in [9.17, 15) is 9.90 Å². The average molecular weight is 461 g/mol. The van der Waals surface area contributed by atoms with Crippen molar-refractivity contribution in [3.05, 3.63) is 71.4 Å². The van der Waals surface area contributed by atoms with E-state index in [1.165, 1.54) is 16.7 Å². The zero-order chi connectivity index (χ0) is 23.9. The van der Waals surface area contributed by atoms with Crippen LogP contribution in [-0.2, 0) is 17.6 Å². The Balaban J connectivity index is 1.29. The molecule has 1 aliphatic rings. The van der Waals surface area contributed by atoms with E-state index in [0.29, 0.717) is 6.54 Å². The van der Waals surface area contributed by atoms with Gasteiger partial charge in [-0.05, 0) is 99.8 Å². The van der Waals surface area contributed by atoms with Crippen molar-refractivity contribution in [1.29, 1.82) is 0 Å². The second-order valence-corrected chi connectivity index (χ2v) is 9.63. The molecule has 180 valence electrons. The number of aliphatic carboxylic acids is 1. The van der Waals surface area contributed by atoms with E-state index in [1.54, 1.807) is 7.11 Å². The largest absolute Gasteiger partial charge is 0.497 e. The van der Waals surface area contributed by atoms with E-state index >= 15 is 0 Å². The molecule has 2 heterocycles. The SMILES string of the molecule is COc1ccc2nccc(CCC[C@@H]3CCN(CCCc4ccc(C)cc4)C[C@@H]3C(=O)O)c2c1. The van der Waals surface area contributed by atoms with Crippen LogP contribution in [0.25, 0.3) is 10.9 Å². The average Bonchev–Trinajstić information content (AvgIpc) is 2.85. The minimum atomic E-state index is -0.646. The van der Waals surface area contributed by atoms with Crippen LogP contribution in [0.15, 0.2) is 54.7 Å². The molecule has 0 amide bonds.